The lowest BCUT2D eigenvalue weighted by molar-refractivity contribution is -0.142. The van der Waals surface area contributed by atoms with Crippen LogP contribution in [0.25, 0.3) is 5.57 Å². The predicted molar refractivity (Wildman–Crippen MR) is 173 cm³/mol. The minimum Gasteiger partial charge on any atom is -0.481 e. The number of ketones is 1. The molecular weight excluding hydrogens is 604 g/mol. The lowest BCUT2D eigenvalue weighted by Crippen LogP contribution is -2.34. The predicted octanol–water partition coefficient (Wildman–Crippen LogP) is 3.32. The number of esters is 1. The molecule has 250 valence electrons. The number of amides is 2. The first-order chi connectivity index (χ1) is 22.2. The monoisotopic (exact) mass is 646 g/mol. The molecule has 12 nitrogen and oxygen atoms in total. The standard InChI is InChI=1S/C35H42N4O8/c1-8-18-15(3)22(38-32(18)44)12-21-16(4)19(10-11-25(41)42)29(36-21)27-28(33(45)47-7)31(43)26-17(5)23(37-30(26)27)13-24-20(9-2)35(6,14-40)34(46)39-24/h8,16,19,22,28,37,40H,1,9-14H2,2-7H3,(H,38,44)(H,39,46)(H,41,42)/b29-27-/t16-,19-,22?,28+,35?/m0/s1. The second-order valence-corrected chi connectivity index (χ2v) is 13.0. The Morgan fingerprint density at radius 1 is 1.19 bits per heavy atom. The number of aromatic nitrogens is 1. The average Bonchev–Trinajstić information content (AvgIpc) is 3.75. The van der Waals surface area contributed by atoms with Crippen molar-refractivity contribution in [2.24, 2.45) is 28.2 Å². The van der Waals surface area contributed by atoms with Crippen molar-refractivity contribution >= 4 is 40.8 Å². The van der Waals surface area contributed by atoms with Gasteiger partial charge in [-0.05, 0) is 50.3 Å². The van der Waals surface area contributed by atoms with E-state index in [0.717, 1.165) is 16.9 Å². The van der Waals surface area contributed by atoms with Crippen molar-refractivity contribution in [2.45, 2.75) is 72.8 Å². The summed E-state index contributed by atoms with van der Waals surface area (Å²) in [6, 6.07) is -0.329. The van der Waals surface area contributed by atoms with Crippen LogP contribution in [0, 0.1) is 30.1 Å². The SMILES string of the molecule is C=CC1=C(C)C(CC2=N/C(=C3\c4[nH]c(CC5=C(CC)C(C)(CO)C(=O)N5)c(C)c4C(=O)[C@@H]3C(=O)OC)[C@@H](CCC(=O)O)[C@@H]2C)NC1=O. The molecule has 0 bridgehead atoms. The number of allylic oxidation sites excluding steroid dienone is 2. The van der Waals surface area contributed by atoms with Gasteiger partial charge in [0.15, 0.2) is 5.78 Å². The number of carbonyl (C=O) groups excluding carboxylic acids is 4. The van der Waals surface area contributed by atoms with Crippen LogP contribution in [-0.4, -0.2) is 70.2 Å². The number of Topliss-reactive ketones (excluding diaryl/α,β-unsaturated/α-hetero) is 1. The first kappa shape index (κ1) is 33.8. The first-order valence-electron chi connectivity index (χ1n) is 15.9. The number of rotatable bonds is 11. The number of aliphatic imine (C=N–C) groups is 1. The topological polar surface area (TPSA) is 187 Å². The molecule has 47 heavy (non-hydrogen) atoms. The van der Waals surface area contributed by atoms with Gasteiger partial charge < -0.3 is 30.6 Å². The number of aromatic amines is 1. The van der Waals surface area contributed by atoms with E-state index in [9.17, 15) is 34.2 Å². The van der Waals surface area contributed by atoms with Crippen LogP contribution in [0.4, 0.5) is 0 Å². The van der Waals surface area contributed by atoms with Crippen molar-refractivity contribution in [1.29, 1.82) is 0 Å². The fourth-order valence-electron chi connectivity index (χ4n) is 7.63. The molecular formula is C35H42N4O8. The third-order valence-electron chi connectivity index (χ3n) is 10.5. The molecule has 1 aromatic rings. The van der Waals surface area contributed by atoms with Crippen LogP contribution in [0.5, 0.6) is 0 Å². The molecule has 5 atom stereocenters. The van der Waals surface area contributed by atoms with Crippen LogP contribution in [0.3, 0.4) is 0 Å². The van der Waals surface area contributed by atoms with Gasteiger partial charge in [0.2, 0.25) is 5.91 Å². The Kier molecular flexibility index (Phi) is 9.02. The highest BCUT2D eigenvalue weighted by Crippen LogP contribution is 2.49. The van der Waals surface area contributed by atoms with Gasteiger partial charge in [0.1, 0.15) is 5.92 Å². The van der Waals surface area contributed by atoms with E-state index < -0.39 is 35.0 Å². The Labute approximate surface area is 273 Å². The number of carboxylic acids is 1. The molecule has 1 aromatic heterocycles. The Hall–Kier alpha value is -4.58. The molecule has 0 saturated heterocycles. The molecule has 0 fully saturated rings. The zero-order valence-corrected chi connectivity index (χ0v) is 27.6. The minimum absolute atomic E-state index is 0.149. The number of ether oxygens (including phenoxy) is 1. The third-order valence-corrected chi connectivity index (χ3v) is 10.5. The van der Waals surface area contributed by atoms with Gasteiger partial charge in [-0.15, -0.1) is 0 Å². The Balaban J connectivity index is 1.65. The molecule has 1 aliphatic carbocycles. The molecule has 0 radical (unpaired) electrons. The van der Waals surface area contributed by atoms with E-state index in [-0.39, 0.29) is 49.6 Å². The van der Waals surface area contributed by atoms with Gasteiger partial charge >= 0.3 is 11.9 Å². The second kappa shape index (κ2) is 12.6. The quantitative estimate of drug-likeness (QED) is 0.179. The Bertz CT molecular complexity index is 1740. The van der Waals surface area contributed by atoms with E-state index in [2.05, 4.69) is 22.2 Å². The number of hydrogen-bond donors (Lipinski definition) is 5. The number of carbonyl (C=O) groups is 5. The van der Waals surface area contributed by atoms with Gasteiger partial charge in [0.25, 0.3) is 5.91 Å². The average molecular weight is 647 g/mol. The van der Waals surface area contributed by atoms with E-state index in [1.807, 2.05) is 20.8 Å². The van der Waals surface area contributed by atoms with Crippen LogP contribution in [0.1, 0.15) is 80.7 Å². The summed E-state index contributed by atoms with van der Waals surface area (Å²) < 4.78 is 5.10. The fraction of sp³-hybridized carbons (Fsp3) is 0.486. The van der Waals surface area contributed by atoms with Crippen molar-refractivity contribution < 1.29 is 38.9 Å². The lowest BCUT2D eigenvalue weighted by atomic mass is 9.82. The first-order valence-corrected chi connectivity index (χ1v) is 15.9. The highest BCUT2D eigenvalue weighted by atomic mass is 16.5. The summed E-state index contributed by atoms with van der Waals surface area (Å²) in [6.07, 6.45) is 2.75. The van der Waals surface area contributed by atoms with Gasteiger partial charge in [0, 0.05) is 64.9 Å². The number of aliphatic hydroxyl groups is 1. The maximum Gasteiger partial charge on any atom is 0.321 e. The summed E-state index contributed by atoms with van der Waals surface area (Å²) in [7, 11) is 1.21. The van der Waals surface area contributed by atoms with Crippen molar-refractivity contribution in [3.05, 3.63) is 63.3 Å². The molecule has 5 rings (SSSR count). The fourth-order valence-corrected chi connectivity index (χ4v) is 7.63. The second-order valence-electron chi connectivity index (χ2n) is 13.0. The van der Waals surface area contributed by atoms with Crippen LogP contribution in [0.15, 0.2) is 45.8 Å². The van der Waals surface area contributed by atoms with Crippen molar-refractivity contribution in [1.82, 2.24) is 15.6 Å². The summed E-state index contributed by atoms with van der Waals surface area (Å²) >= 11 is 0. The number of fused-ring (bicyclic) bond motifs is 1. The van der Waals surface area contributed by atoms with Crippen LogP contribution < -0.4 is 10.6 Å². The number of aliphatic carboxylic acids is 1. The molecule has 4 aliphatic rings. The van der Waals surface area contributed by atoms with Gasteiger partial charge in [-0.3, -0.25) is 29.0 Å². The number of carboxylic acid groups (broad SMARTS) is 1. The van der Waals surface area contributed by atoms with Gasteiger partial charge in [-0.25, -0.2) is 0 Å². The maximum atomic E-state index is 14.0. The van der Waals surface area contributed by atoms with Gasteiger partial charge in [-0.2, -0.15) is 0 Å². The smallest absolute Gasteiger partial charge is 0.321 e. The van der Waals surface area contributed by atoms with Crippen LogP contribution >= 0.6 is 0 Å². The van der Waals surface area contributed by atoms with E-state index in [0.29, 0.717) is 57.9 Å². The number of H-pyrrole nitrogens is 1. The molecule has 0 saturated carbocycles. The summed E-state index contributed by atoms with van der Waals surface area (Å²) in [5.41, 5.74) is 5.30. The number of nitrogens with zero attached hydrogens (tertiary/aromatic N) is 1. The largest absolute Gasteiger partial charge is 0.481 e. The number of aliphatic hydroxyl groups excluding tert-OH is 1. The molecule has 0 aromatic carbocycles. The van der Waals surface area contributed by atoms with Crippen LogP contribution in [0.2, 0.25) is 0 Å². The third kappa shape index (κ3) is 5.38. The van der Waals surface area contributed by atoms with Crippen molar-refractivity contribution in [2.75, 3.05) is 13.7 Å². The lowest BCUT2D eigenvalue weighted by Gasteiger charge is -2.21. The summed E-state index contributed by atoms with van der Waals surface area (Å²) in [4.78, 5) is 72.7. The maximum absolute atomic E-state index is 14.0. The number of methoxy groups -OCH3 is 1. The van der Waals surface area contributed by atoms with E-state index in [4.69, 9.17) is 9.73 Å². The van der Waals surface area contributed by atoms with Crippen molar-refractivity contribution in [3.8, 4) is 0 Å². The molecule has 2 amide bonds. The molecule has 12 heteroatoms. The van der Waals surface area contributed by atoms with E-state index in [1.165, 1.54) is 13.2 Å². The summed E-state index contributed by atoms with van der Waals surface area (Å²) in [5, 5.41) is 25.5. The Morgan fingerprint density at radius 2 is 1.89 bits per heavy atom. The van der Waals surface area contributed by atoms with Crippen LogP contribution in [-0.2, 0) is 30.3 Å². The van der Waals surface area contributed by atoms with E-state index in [1.54, 1.807) is 13.8 Å². The minimum atomic E-state index is -1.29. The highest BCUT2D eigenvalue weighted by molar-refractivity contribution is 6.24. The Morgan fingerprint density at radius 3 is 2.47 bits per heavy atom. The molecule has 3 aliphatic heterocycles. The number of nitrogens with one attached hydrogen (secondary N) is 3. The summed E-state index contributed by atoms with van der Waals surface area (Å²) in [6.45, 7) is 12.6. The zero-order valence-electron chi connectivity index (χ0n) is 27.6. The molecule has 4 heterocycles. The van der Waals surface area contributed by atoms with Gasteiger partial charge in [0.05, 0.1) is 36.6 Å². The normalized spacial score (nSPS) is 28.6. The van der Waals surface area contributed by atoms with Crippen molar-refractivity contribution in [3.63, 3.8) is 0 Å². The molecule has 5 N–H and O–H groups in total. The van der Waals surface area contributed by atoms with Gasteiger partial charge in [-0.1, -0.05) is 26.5 Å². The number of hydrogen-bond acceptors (Lipinski definition) is 8. The molecule has 0 spiro atoms. The van der Waals surface area contributed by atoms with E-state index >= 15 is 0 Å². The highest BCUT2D eigenvalue weighted by Gasteiger charge is 2.49. The molecule has 2 unspecified atom stereocenters. The zero-order chi connectivity index (χ0) is 34.5. The summed E-state index contributed by atoms with van der Waals surface area (Å²) in [5.74, 6) is -4.65.